The van der Waals surface area contributed by atoms with Crippen LogP contribution in [0.4, 0.5) is 11.4 Å². The Balaban J connectivity index is 2.18. The quantitative estimate of drug-likeness (QED) is 0.660. The maximum absolute atomic E-state index is 11.0. The van der Waals surface area contributed by atoms with Gasteiger partial charge in [0, 0.05) is 25.1 Å². The third-order valence-electron chi connectivity index (χ3n) is 3.65. The summed E-state index contributed by atoms with van der Waals surface area (Å²) in [5.74, 6) is -1.34. The lowest BCUT2D eigenvalue weighted by Gasteiger charge is -2.42. The molecule has 20 heavy (non-hydrogen) atoms. The Kier molecular flexibility index (Phi) is 3.57. The summed E-state index contributed by atoms with van der Waals surface area (Å²) in [5.41, 5.74) is 0.546. The minimum atomic E-state index is -0.857. The summed E-state index contributed by atoms with van der Waals surface area (Å²) < 4.78 is 0. The summed E-state index contributed by atoms with van der Waals surface area (Å²) in [7, 11) is 0. The Morgan fingerprint density at radius 2 is 2.25 bits per heavy atom. The molecule has 1 aromatic rings. The molecule has 1 aliphatic rings. The highest BCUT2D eigenvalue weighted by atomic mass is 16.6. The van der Waals surface area contributed by atoms with Crippen molar-refractivity contribution >= 4 is 17.3 Å². The van der Waals surface area contributed by atoms with E-state index in [0.717, 1.165) is 0 Å². The van der Waals surface area contributed by atoms with E-state index in [1.807, 2.05) is 6.07 Å². The Bertz CT molecular complexity index is 602. The molecule has 7 heteroatoms. The van der Waals surface area contributed by atoms with Crippen molar-refractivity contribution in [1.29, 1.82) is 5.26 Å². The Hall–Kier alpha value is -2.62. The Labute approximate surface area is 115 Å². The Morgan fingerprint density at radius 1 is 1.60 bits per heavy atom. The number of aliphatic carboxylic acids is 1. The van der Waals surface area contributed by atoms with Gasteiger partial charge in [-0.15, -0.1) is 0 Å². The van der Waals surface area contributed by atoms with Gasteiger partial charge in [0.2, 0.25) is 0 Å². The molecule has 0 amide bonds. The van der Waals surface area contributed by atoms with Gasteiger partial charge in [-0.25, -0.2) is 0 Å². The number of benzene rings is 1. The molecule has 1 atom stereocenters. The summed E-state index contributed by atoms with van der Waals surface area (Å²) in [4.78, 5) is 23.1. The average molecular weight is 275 g/mol. The molecule has 1 fully saturated rings. The second kappa shape index (κ2) is 5.17. The van der Waals surface area contributed by atoms with Crippen LogP contribution in [0.1, 0.15) is 12.5 Å². The molecule has 0 aliphatic carbocycles. The van der Waals surface area contributed by atoms with Crippen LogP contribution in [0.15, 0.2) is 18.2 Å². The number of rotatable bonds is 4. The third-order valence-corrected chi connectivity index (χ3v) is 3.65. The van der Waals surface area contributed by atoms with Gasteiger partial charge in [-0.3, -0.25) is 14.9 Å². The second-order valence-corrected chi connectivity index (χ2v) is 4.86. The monoisotopic (exact) mass is 275 g/mol. The van der Waals surface area contributed by atoms with Crippen molar-refractivity contribution in [2.75, 3.05) is 18.0 Å². The Morgan fingerprint density at radius 3 is 2.75 bits per heavy atom. The van der Waals surface area contributed by atoms with E-state index in [4.69, 9.17) is 10.4 Å². The van der Waals surface area contributed by atoms with E-state index in [1.165, 1.54) is 12.1 Å². The molecular formula is C13H13N3O4. The normalized spacial score (nSPS) is 16.1. The molecule has 7 nitrogen and oxygen atoms in total. The molecule has 0 aromatic heterocycles. The fraction of sp³-hybridized carbons (Fsp3) is 0.385. The molecule has 0 radical (unpaired) electrons. The SMILES string of the molecule is CC(C(=O)O)C1CN(c2ccc(C#N)cc2[N+](=O)[O-])C1. The van der Waals surface area contributed by atoms with Crippen molar-refractivity contribution in [3.8, 4) is 6.07 Å². The minimum absolute atomic E-state index is 0.0113. The van der Waals surface area contributed by atoms with Crippen molar-refractivity contribution in [2.45, 2.75) is 6.92 Å². The number of nitriles is 1. The van der Waals surface area contributed by atoms with E-state index in [9.17, 15) is 14.9 Å². The van der Waals surface area contributed by atoms with E-state index < -0.39 is 16.8 Å². The van der Waals surface area contributed by atoms with E-state index in [-0.39, 0.29) is 17.2 Å². The van der Waals surface area contributed by atoms with Gasteiger partial charge in [0.25, 0.3) is 5.69 Å². The summed E-state index contributed by atoms with van der Waals surface area (Å²) in [6.07, 6.45) is 0. The highest BCUT2D eigenvalue weighted by Crippen LogP contribution is 2.35. The van der Waals surface area contributed by atoms with E-state index in [0.29, 0.717) is 18.8 Å². The molecule has 1 aliphatic heterocycles. The lowest BCUT2D eigenvalue weighted by Crippen LogP contribution is -2.51. The molecule has 1 saturated heterocycles. The van der Waals surface area contributed by atoms with Crippen LogP contribution in [0, 0.1) is 33.3 Å². The topological polar surface area (TPSA) is 107 Å². The van der Waals surface area contributed by atoms with Gasteiger partial charge in [0.05, 0.1) is 22.5 Å². The van der Waals surface area contributed by atoms with Gasteiger partial charge in [0.1, 0.15) is 5.69 Å². The van der Waals surface area contributed by atoms with E-state index in [1.54, 1.807) is 17.9 Å². The summed E-state index contributed by atoms with van der Waals surface area (Å²) in [6, 6.07) is 6.17. The maximum Gasteiger partial charge on any atom is 0.306 e. The van der Waals surface area contributed by atoms with Crippen molar-refractivity contribution in [3.05, 3.63) is 33.9 Å². The van der Waals surface area contributed by atoms with Gasteiger partial charge in [-0.05, 0) is 12.1 Å². The number of nitrogens with zero attached hydrogens (tertiary/aromatic N) is 3. The van der Waals surface area contributed by atoms with Crippen LogP contribution in [0.25, 0.3) is 0 Å². The van der Waals surface area contributed by atoms with Gasteiger partial charge in [-0.1, -0.05) is 6.92 Å². The highest BCUT2D eigenvalue weighted by Gasteiger charge is 2.37. The summed E-state index contributed by atoms with van der Waals surface area (Å²) >= 11 is 0. The summed E-state index contributed by atoms with van der Waals surface area (Å²) in [5, 5.41) is 28.7. The number of carbonyl (C=O) groups is 1. The molecule has 1 heterocycles. The fourth-order valence-electron chi connectivity index (χ4n) is 2.23. The van der Waals surface area contributed by atoms with Crippen LogP contribution in [-0.2, 0) is 4.79 Å². The zero-order valence-corrected chi connectivity index (χ0v) is 10.8. The number of carboxylic acid groups (broad SMARTS) is 1. The second-order valence-electron chi connectivity index (χ2n) is 4.86. The van der Waals surface area contributed by atoms with Crippen molar-refractivity contribution in [3.63, 3.8) is 0 Å². The van der Waals surface area contributed by atoms with Crippen LogP contribution >= 0.6 is 0 Å². The smallest absolute Gasteiger partial charge is 0.306 e. The van der Waals surface area contributed by atoms with Crippen LogP contribution < -0.4 is 4.90 Å². The third kappa shape index (κ3) is 2.40. The van der Waals surface area contributed by atoms with Gasteiger partial charge in [-0.2, -0.15) is 5.26 Å². The number of carboxylic acids is 1. The largest absolute Gasteiger partial charge is 0.481 e. The van der Waals surface area contributed by atoms with E-state index in [2.05, 4.69) is 0 Å². The predicted molar refractivity (Wildman–Crippen MR) is 70.3 cm³/mol. The van der Waals surface area contributed by atoms with Crippen LogP contribution in [-0.4, -0.2) is 29.1 Å². The zero-order valence-electron chi connectivity index (χ0n) is 10.8. The fourth-order valence-corrected chi connectivity index (χ4v) is 2.23. The molecule has 0 saturated carbocycles. The predicted octanol–water partition coefficient (Wildman–Crippen LogP) is 1.62. The number of nitro benzene ring substituents is 1. The maximum atomic E-state index is 11.0. The van der Waals surface area contributed by atoms with Crippen LogP contribution in [0.5, 0.6) is 0 Å². The van der Waals surface area contributed by atoms with Gasteiger partial charge < -0.3 is 10.0 Å². The van der Waals surface area contributed by atoms with Crippen molar-refractivity contribution < 1.29 is 14.8 Å². The molecule has 0 spiro atoms. The van der Waals surface area contributed by atoms with Crippen LogP contribution in [0.2, 0.25) is 0 Å². The molecule has 1 N–H and O–H groups in total. The zero-order chi connectivity index (χ0) is 14.9. The standard InChI is InChI=1S/C13H13N3O4/c1-8(13(17)18)10-6-15(7-10)11-3-2-9(5-14)4-12(11)16(19)20/h2-4,8,10H,6-7H2,1H3,(H,17,18). The molecular weight excluding hydrogens is 262 g/mol. The van der Waals surface area contributed by atoms with Gasteiger partial charge in [0.15, 0.2) is 0 Å². The summed E-state index contributed by atoms with van der Waals surface area (Å²) in [6.45, 7) is 2.58. The first-order valence-corrected chi connectivity index (χ1v) is 6.10. The van der Waals surface area contributed by atoms with Crippen LogP contribution in [0.3, 0.4) is 0 Å². The highest BCUT2D eigenvalue weighted by molar-refractivity contribution is 5.72. The number of nitro groups is 1. The molecule has 104 valence electrons. The number of anilines is 1. The lowest BCUT2D eigenvalue weighted by molar-refractivity contribution is -0.384. The number of hydrogen-bond donors (Lipinski definition) is 1. The molecule has 1 aromatic carbocycles. The minimum Gasteiger partial charge on any atom is -0.481 e. The number of hydrogen-bond acceptors (Lipinski definition) is 5. The lowest BCUT2D eigenvalue weighted by atomic mass is 9.86. The first-order valence-electron chi connectivity index (χ1n) is 6.10. The molecule has 0 bridgehead atoms. The van der Waals surface area contributed by atoms with Gasteiger partial charge >= 0.3 is 5.97 Å². The van der Waals surface area contributed by atoms with E-state index >= 15 is 0 Å². The molecule has 2 rings (SSSR count). The molecule has 1 unspecified atom stereocenters. The first kappa shape index (κ1) is 13.8. The average Bonchev–Trinajstić information content (AvgIpc) is 2.36. The van der Waals surface area contributed by atoms with Crippen molar-refractivity contribution in [2.24, 2.45) is 11.8 Å². The van der Waals surface area contributed by atoms with Crippen molar-refractivity contribution in [1.82, 2.24) is 0 Å². The first-order chi connectivity index (χ1) is 9.43.